The third-order valence-corrected chi connectivity index (χ3v) is 2.22. The molecular weight excluding hydrogens is 192 g/mol. The van der Waals surface area contributed by atoms with E-state index < -0.39 is 0 Å². The number of nitrogens with zero attached hydrogens (tertiary/aromatic N) is 5. The second kappa shape index (κ2) is 4.14. The van der Waals surface area contributed by atoms with E-state index in [0.29, 0.717) is 6.42 Å². The third-order valence-electron chi connectivity index (χ3n) is 2.22. The van der Waals surface area contributed by atoms with Crippen LogP contribution in [0.4, 0.5) is 0 Å². The van der Waals surface area contributed by atoms with Gasteiger partial charge in [-0.2, -0.15) is 5.10 Å². The molecule has 78 valence electrons. The normalized spacial score (nSPS) is 12.7. The van der Waals surface area contributed by atoms with E-state index in [-0.39, 0.29) is 6.04 Å². The summed E-state index contributed by atoms with van der Waals surface area (Å²) >= 11 is 0. The highest BCUT2D eigenvalue weighted by Gasteiger charge is 2.10. The lowest BCUT2D eigenvalue weighted by Gasteiger charge is -2.09. The molecule has 2 aromatic rings. The van der Waals surface area contributed by atoms with E-state index in [1.807, 2.05) is 7.05 Å². The zero-order chi connectivity index (χ0) is 10.7. The van der Waals surface area contributed by atoms with Crippen molar-refractivity contribution in [3.8, 4) is 0 Å². The Kier molecular flexibility index (Phi) is 2.68. The van der Waals surface area contributed by atoms with Crippen LogP contribution in [0.1, 0.15) is 17.4 Å². The van der Waals surface area contributed by atoms with Gasteiger partial charge in [-0.05, 0) is 0 Å². The largest absolute Gasteiger partial charge is 0.323 e. The van der Waals surface area contributed by atoms with Crippen molar-refractivity contribution in [2.45, 2.75) is 12.5 Å². The monoisotopic (exact) mass is 204 g/mol. The molecule has 15 heavy (non-hydrogen) atoms. The summed E-state index contributed by atoms with van der Waals surface area (Å²) in [5.74, 6) is 0.853. The van der Waals surface area contributed by atoms with Crippen molar-refractivity contribution in [3.05, 3.63) is 36.4 Å². The first-order chi connectivity index (χ1) is 7.27. The maximum absolute atomic E-state index is 5.99. The predicted molar refractivity (Wildman–Crippen MR) is 53.7 cm³/mol. The minimum Gasteiger partial charge on any atom is -0.323 e. The lowest BCUT2D eigenvalue weighted by molar-refractivity contribution is 0.626. The number of hydrogen-bond acceptors (Lipinski definition) is 5. The Balaban J connectivity index is 2.11. The third kappa shape index (κ3) is 2.16. The van der Waals surface area contributed by atoms with Gasteiger partial charge in [0.15, 0.2) is 0 Å². The fourth-order valence-electron chi connectivity index (χ4n) is 1.32. The van der Waals surface area contributed by atoms with Crippen LogP contribution in [-0.4, -0.2) is 24.7 Å². The summed E-state index contributed by atoms with van der Waals surface area (Å²) in [4.78, 5) is 12.0. The number of aromatic nitrogens is 5. The number of nitrogens with two attached hydrogens (primary N) is 1. The van der Waals surface area contributed by atoms with Gasteiger partial charge < -0.3 is 5.73 Å². The number of aryl methyl sites for hydroxylation is 1. The van der Waals surface area contributed by atoms with Crippen molar-refractivity contribution in [1.82, 2.24) is 24.7 Å². The van der Waals surface area contributed by atoms with Crippen molar-refractivity contribution in [2.75, 3.05) is 0 Å². The van der Waals surface area contributed by atoms with Crippen LogP contribution in [0.25, 0.3) is 0 Å². The summed E-state index contributed by atoms with van der Waals surface area (Å²) in [7, 11) is 1.84. The topological polar surface area (TPSA) is 82.5 Å². The smallest absolute Gasteiger partial charge is 0.138 e. The zero-order valence-corrected chi connectivity index (χ0v) is 8.41. The van der Waals surface area contributed by atoms with Crippen LogP contribution in [0.3, 0.4) is 0 Å². The molecule has 2 N–H and O–H groups in total. The van der Waals surface area contributed by atoms with Crippen LogP contribution in [0.2, 0.25) is 0 Å². The first-order valence-electron chi connectivity index (χ1n) is 4.60. The van der Waals surface area contributed by atoms with E-state index in [1.54, 1.807) is 17.1 Å². The minimum absolute atomic E-state index is 0.144. The minimum atomic E-state index is -0.144. The molecule has 1 unspecified atom stereocenters. The molecule has 2 rings (SSSR count). The van der Waals surface area contributed by atoms with Gasteiger partial charge in [-0.1, -0.05) is 0 Å². The van der Waals surface area contributed by atoms with E-state index in [1.165, 1.54) is 12.7 Å². The van der Waals surface area contributed by atoms with Crippen molar-refractivity contribution in [1.29, 1.82) is 0 Å². The van der Waals surface area contributed by atoms with Crippen molar-refractivity contribution >= 4 is 0 Å². The van der Waals surface area contributed by atoms with Crippen LogP contribution in [0.15, 0.2) is 25.0 Å². The Morgan fingerprint density at radius 1 is 1.33 bits per heavy atom. The summed E-state index contributed by atoms with van der Waals surface area (Å²) < 4.78 is 1.71. The summed E-state index contributed by atoms with van der Waals surface area (Å²) in [6.07, 6.45) is 7.06. The van der Waals surface area contributed by atoms with E-state index in [2.05, 4.69) is 20.1 Å². The molecular formula is C9H12N6. The summed E-state index contributed by atoms with van der Waals surface area (Å²) in [5.41, 5.74) is 6.90. The first kappa shape index (κ1) is 9.72. The van der Waals surface area contributed by atoms with Gasteiger partial charge >= 0.3 is 0 Å². The quantitative estimate of drug-likeness (QED) is 0.751. The molecule has 0 saturated carbocycles. The maximum atomic E-state index is 5.99. The first-order valence-corrected chi connectivity index (χ1v) is 4.60. The molecule has 0 spiro atoms. The highest BCUT2D eigenvalue weighted by atomic mass is 15.3. The maximum Gasteiger partial charge on any atom is 0.138 e. The molecule has 0 aliphatic heterocycles. The molecule has 0 aliphatic carbocycles. The van der Waals surface area contributed by atoms with Gasteiger partial charge in [-0.25, -0.2) is 15.0 Å². The van der Waals surface area contributed by atoms with Gasteiger partial charge in [0.1, 0.15) is 18.5 Å². The van der Waals surface area contributed by atoms with E-state index in [4.69, 9.17) is 5.73 Å². The predicted octanol–water partition coefficient (Wildman–Crippen LogP) is -0.152. The Morgan fingerprint density at radius 3 is 2.67 bits per heavy atom. The highest BCUT2D eigenvalue weighted by Crippen LogP contribution is 2.11. The van der Waals surface area contributed by atoms with Gasteiger partial charge in [-0.15, -0.1) is 0 Å². The average molecular weight is 204 g/mol. The molecule has 2 aromatic heterocycles. The molecule has 1 atom stereocenters. The van der Waals surface area contributed by atoms with Crippen LogP contribution >= 0.6 is 0 Å². The number of hydrogen-bond donors (Lipinski definition) is 1. The van der Waals surface area contributed by atoms with Gasteiger partial charge in [0.2, 0.25) is 0 Å². The standard InChI is InChI=1S/C9H12N6/c1-15-9(13-6-14-15)2-8(10)7-3-11-5-12-4-7/h3-6,8H,2,10H2,1H3. The van der Waals surface area contributed by atoms with Crippen molar-refractivity contribution in [3.63, 3.8) is 0 Å². The average Bonchev–Trinajstić information content (AvgIpc) is 2.66. The Bertz CT molecular complexity index is 423. The highest BCUT2D eigenvalue weighted by molar-refractivity contribution is 5.10. The Hall–Kier alpha value is -1.82. The molecule has 0 aromatic carbocycles. The molecule has 2 heterocycles. The summed E-state index contributed by atoms with van der Waals surface area (Å²) in [5, 5.41) is 3.98. The Labute approximate surface area is 87.2 Å². The van der Waals surface area contributed by atoms with Crippen molar-refractivity contribution < 1.29 is 0 Å². The lowest BCUT2D eigenvalue weighted by Crippen LogP contribution is -2.16. The SMILES string of the molecule is Cn1ncnc1CC(N)c1cncnc1. The molecule has 0 amide bonds. The Morgan fingerprint density at radius 2 is 2.07 bits per heavy atom. The zero-order valence-electron chi connectivity index (χ0n) is 8.41. The van der Waals surface area contributed by atoms with E-state index >= 15 is 0 Å². The van der Waals surface area contributed by atoms with E-state index in [9.17, 15) is 0 Å². The van der Waals surface area contributed by atoms with E-state index in [0.717, 1.165) is 11.4 Å². The summed E-state index contributed by atoms with van der Waals surface area (Å²) in [6, 6.07) is -0.144. The second-order valence-electron chi connectivity index (χ2n) is 3.28. The van der Waals surface area contributed by atoms with Gasteiger partial charge in [0, 0.05) is 37.5 Å². The fraction of sp³-hybridized carbons (Fsp3) is 0.333. The molecule has 0 saturated heterocycles. The molecule has 0 fully saturated rings. The lowest BCUT2D eigenvalue weighted by atomic mass is 10.1. The summed E-state index contributed by atoms with van der Waals surface area (Å²) in [6.45, 7) is 0. The molecule has 0 aliphatic rings. The van der Waals surface area contributed by atoms with Crippen molar-refractivity contribution in [2.24, 2.45) is 12.8 Å². The van der Waals surface area contributed by atoms with Crippen LogP contribution in [-0.2, 0) is 13.5 Å². The van der Waals surface area contributed by atoms with Crippen LogP contribution in [0.5, 0.6) is 0 Å². The molecule has 0 bridgehead atoms. The van der Waals surface area contributed by atoms with Gasteiger partial charge in [-0.3, -0.25) is 4.68 Å². The van der Waals surface area contributed by atoms with Crippen LogP contribution < -0.4 is 5.73 Å². The fourth-order valence-corrected chi connectivity index (χ4v) is 1.32. The molecule has 0 radical (unpaired) electrons. The molecule has 6 heteroatoms. The van der Waals surface area contributed by atoms with Gasteiger partial charge in [0.25, 0.3) is 0 Å². The second-order valence-corrected chi connectivity index (χ2v) is 3.28. The number of rotatable bonds is 3. The molecule has 6 nitrogen and oxygen atoms in total. The van der Waals surface area contributed by atoms with Gasteiger partial charge in [0.05, 0.1) is 0 Å². The van der Waals surface area contributed by atoms with Crippen LogP contribution in [0, 0.1) is 0 Å².